The summed E-state index contributed by atoms with van der Waals surface area (Å²) < 4.78 is 5.47. The molecule has 16 heavy (non-hydrogen) atoms. The van der Waals surface area contributed by atoms with Crippen LogP contribution in [0, 0.1) is 5.92 Å². The second kappa shape index (κ2) is 5.50. The van der Waals surface area contributed by atoms with Gasteiger partial charge in [0.25, 0.3) is 0 Å². The van der Waals surface area contributed by atoms with Crippen molar-refractivity contribution in [2.75, 3.05) is 7.11 Å². The van der Waals surface area contributed by atoms with Gasteiger partial charge in [0.05, 0.1) is 5.60 Å². The lowest BCUT2D eigenvalue weighted by atomic mass is 9.72. The Bertz CT molecular complexity index is 215. The van der Waals surface area contributed by atoms with Crippen LogP contribution in [0.3, 0.4) is 0 Å². The topological polar surface area (TPSA) is 35.2 Å². The molecule has 2 N–H and O–H groups in total. The third-order valence-corrected chi connectivity index (χ3v) is 4.34. The van der Waals surface area contributed by atoms with Crippen LogP contribution in [0.2, 0.25) is 0 Å². The van der Waals surface area contributed by atoms with Crippen LogP contribution in [0.4, 0.5) is 0 Å². The van der Waals surface area contributed by atoms with E-state index < -0.39 is 0 Å². The molecule has 1 saturated carbocycles. The van der Waals surface area contributed by atoms with Crippen LogP contribution < -0.4 is 5.73 Å². The molecule has 0 radical (unpaired) electrons. The maximum absolute atomic E-state index is 6.53. The number of hydrogen-bond donors (Lipinski definition) is 1. The minimum absolute atomic E-state index is 0.0223. The number of rotatable bonds is 5. The molecule has 1 fully saturated rings. The number of nitrogens with two attached hydrogens (primary N) is 1. The van der Waals surface area contributed by atoms with Crippen molar-refractivity contribution in [2.24, 2.45) is 11.7 Å². The number of ether oxygens (including phenoxy) is 1. The first-order valence-corrected chi connectivity index (χ1v) is 6.75. The average molecular weight is 227 g/mol. The Kier molecular flexibility index (Phi) is 4.81. The predicted molar refractivity (Wildman–Crippen MR) is 69.5 cm³/mol. The highest BCUT2D eigenvalue weighted by Gasteiger charge is 2.33. The van der Waals surface area contributed by atoms with Crippen LogP contribution in [0.5, 0.6) is 0 Å². The van der Waals surface area contributed by atoms with Crippen molar-refractivity contribution in [3.8, 4) is 0 Å². The van der Waals surface area contributed by atoms with Crippen molar-refractivity contribution in [1.29, 1.82) is 0 Å². The molecule has 1 rings (SSSR count). The molecule has 96 valence electrons. The van der Waals surface area contributed by atoms with Gasteiger partial charge in [-0.2, -0.15) is 0 Å². The minimum Gasteiger partial charge on any atom is -0.379 e. The van der Waals surface area contributed by atoms with Gasteiger partial charge in [-0.05, 0) is 45.4 Å². The molecule has 0 bridgehead atoms. The van der Waals surface area contributed by atoms with Crippen LogP contribution >= 0.6 is 0 Å². The van der Waals surface area contributed by atoms with Gasteiger partial charge >= 0.3 is 0 Å². The predicted octanol–water partition coefficient (Wildman–Crippen LogP) is 3.49. The lowest BCUT2D eigenvalue weighted by molar-refractivity contribution is 0.00572. The molecular formula is C14H29NO. The molecule has 0 heterocycles. The lowest BCUT2D eigenvalue weighted by Crippen LogP contribution is -2.45. The van der Waals surface area contributed by atoms with Crippen molar-refractivity contribution in [3.05, 3.63) is 0 Å². The monoisotopic (exact) mass is 227 g/mol. The summed E-state index contributed by atoms with van der Waals surface area (Å²) >= 11 is 0. The Morgan fingerprint density at radius 3 is 2.69 bits per heavy atom. The Labute approximate surface area is 101 Å². The summed E-state index contributed by atoms with van der Waals surface area (Å²) in [5.41, 5.74) is 6.59. The van der Waals surface area contributed by atoms with E-state index in [1.807, 2.05) is 0 Å². The molecule has 2 heteroatoms. The second-order valence-electron chi connectivity index (χ2n) is 6.20. The molecule has 0 aliphatic heterocycles. The van der Waals surface area contributed by atoms with E-state index in [-0.39, 0.29) is 11.1 Å². The van der Waals surface area contributed by atoms with Gasteiger partial charge in [-0.3, -0.25) is 0 Å². The summed E-state index contributed by atoms with van der Waals surface area (Å²) in [5, 5.41) is 0. The highest BCUT2D eigenvalue weighted by molar-refractivity contribution is 4.91. The Balaban J connectivity index is 2.45. The van der Waals surface area contributed by atoms with Gasteiger partial charge in [0.2, 0.25) is 0 Å². The Morgan fingerprint density at radius 2 is 2.12 bits per heavy atom. The maximum Gasteiger partial charge on any atom is 0.0623 e. The van der Waals surface area contributed by atoms with Crippen LogP contribution in [-0.2, 0) is 4.74 Å². The van der Waals surface area contributed by atoms with Crippen LogP contribution in [0.1, 0.15) is 65.7 Å². The third kappa shape index (κ3) is 4.06. The SMILES string of the molecule is CCC1CCCC(N)(CCC(C)(C)OC)C1. The molecule has 2 unspecified atom stereocenters. The van der Waals surface area contributed by atoms with E-state index >= 15 is 0 Å². The molecule has 0 aromatic rings. The summed E-state index contributed by atoms with van der Waals surface area (Å²) in [6.45, 7) is 6.59. The first kappa shape index (κ1) is 14.0. The van der Waals surface area contributed by atoms with E-state index in [1.54, 1.807) is 7.11 Å². The van der Waals surface area contributed by atoms with Gasteiger partial charge in [0.1, 0.15) is 0 Å². The molecule has 0 aromatic heterocycles. The van der Waals surface area contributed by atoms with Gasteiger partial charge in [-0.25, -0.2) is 0 Å². The minimum atomic E-state index is -0.0223. The van der Waals surface area contributed by atoms with Crippen LogP contribution in [0.25, 0.3) is 0 Å². The largest absolute Gasteiger partial charge is 0.379 e. The fraction of sp³-hybridized carbons (Fsp3) is 1.00. The van der Waals surface area contributed by atoms with Gasteiger partial charge in [-0.15, -0.1) is 0 Å². The van der Waals surface area contributed by atoms with E-state index in [0.717, 1.165) is 18.8 Å². The molecule has 0 amide bonds. The Morgan fingerprint density at radius 1 is 1.44 bits per heavy atom. The molecule has 1 aliphatic carbocycles. The normalized spacial score (nSPS) is 31.7. The summed E-state index contributed by atoms with van der Waals surface area (Å²) in [5.74, 6) is 0.851. The van der Waals surface area contributed by atoms with Crippen molar-refractivity contribution >= 4 is 0 Å². The third-order valence-electron chi connectivity index (χ3n) is 4.34. The van der Waals surface area contributed by atoms with Crippen molar-refractivity contribution in [2.45, 2.75) is 76.9 Å². The highest BCUT2D eigenvalue weighted by atomic mass is 16.5. The van der Waals surface area contributed by atoms with E-state index in [4.69, 9.17) is 10.5 Å². The van der Waals surface area contributed by atoms with Crippen LogP contribution in [-0.4, -0.2) is 18.2 Å². The molecule has 2 nitrogen and oxygen atoms in total. The van der Waals surface area contributed by atoms with Gasteiger partial charge in [-0.1, -0.05) is 26.2 Å². The maximum atomic E-state index is 6.53. The summed E-state index contributed by atoms with van der Waals surface area (Å²) in [6, 6.07) is 0. The zero-order valence-corrected chi connectivity index (χ0v) is 11.5. The summed E-state index contributed by atoms with van der Waals surface area (Å²) in [7, 11) is 1.79. The molecule has 0 aromatic carbocycles. The fourth-order valence-electron chi connectivity index (χ4n) is 2.75. The average Bonchev–Trinajstić information content (AvgIpc) is 2.27. The first-order chi connectivity index (χ1) is 7.41. The van der Waals surface area contributed by atoms with Gasteiger partial charge in [0, 0.05) is 12.6 Å². The van der Waals surface area contributed by atoms with E-state index in [9.17, 15) is 0 Å². The first-order valence-electron chi connectivity index (χ1n) is 6.75. The molecule has 1 aliphatic rings. The molecule has 2 atom stereocenters. The number of methoxy groups -OCH3 is 1. The van der Waals surface area contributed by atoms with Crippen LogP contribution in [0.15, 0.2) is 0 Å². The lowest BCUT2D eigenvalue weighted by Gasteiger charge is -2.39. The number of hydrogen-bond acceptors (Lipinski definition) is 2. The molecule has 0 spiro atoms. The zero-order valence-electron chi connectivity index (χ0n) is 11.5. The van der Waals surface area contributed by atoms with Crippen molar-refractivity contribution < 1.29 is 4.74 Å². The zero-order chi connectivity index (χ0) is 12.2. The van der Waals surface area contributed by atoms with Crippen molar-refractivity contribution in [3.63, 3.8) is 0 Å². The second-order valence-corrected chi connectivity index (χ2v) is 6.20. The van der Waals surface area contributed by atoms with Crippen molar-refractivity contribution in [1.82, 2.24) is 0 Å². The highest BCUT2D eigenvalue weighted by Crippen LogP contribution is 2.36. The van der Waals surface area contributed by atoms with E-state index in [0.29, 0.717) is 0 Å². The Hall–Kier alpha value is -0.0800. The van der Waals surface area contributed by atoms with E-state index in [2.05, 4.69) is 20.8 Å². The van der Waals surface area contributed by atoms with Gasteiger partial charge < -0.3 is 10.5 Å². The molecule has 0 saturated heterocycles. The summed E-state index contributed by atoms with van der Waals surface area (Å²) in [6.07, 6.45) is 8.55. The fourth-order valence-corrected chi connectivity index (χ4v) is 2.75. The standard InChI is InChI=1S/C14H29NO/c1-5-12-7-6-8-14(15,11-12)10-9-13(2,3)16-4/h12H,5-11,15H2,1-4H3. The smallest absolute Gasteiger partial charge is 0.0623 e. The van der Waals surface area contributed by atoms with E-state index in [1.165, 1.54) is 32.1 Å². The van der Waals surface area contributed by atoms with Gasteiger partial charge in [0.15, 0.2) is 0 Å². The molecular weight excluding hydrogens is 198 g/mol. The quantitative estimate of drug-likeness (QED) is 0.780. The summed E-state index contributed by atoms with van der Waals surface area (Å²) in [4.78, 5) is 0.